The zero-order valence-electron chi connectivity index (χ0n) is 29.2. The van der Waals surface area contributed by atoms with Gasteiger partial charge < -0.3 is 10.4 Å². The number of aliphatic hydroxyl groups excluding tert-OH is 1. The number of aliphatic hydroxyl groups is 1. The third-order valence-electron chi connectivity index (χ3n) is 8.27. The van der Waals surface area contributed by atoms with Gasteiger partial charge in [0.1, 0.15) is 0 Å². The summed E-state index contributed by atoms with van der Waals surface area (Å²) in [5.41, 5.74) is 0. The van der Waals surface area contributed by atoms with E-state index in [-0.39, 0.29) is 12.3 Å². The van der Waals surface area contributed by atoms with Crippen molar-refractivity contribution in [2.75, 3.05) is 5.75 Å². The van der Waals surface area contributed by atoms with Crippen molar-refractivity contribution in [3.8, 4) is 0 Å². The predicted molar refractivity (Wildman–Crippen MR) is 193 cm³/mol. The number of carbonyl (C=O) groups excluding carboxylic acids is 1. The molecule has 0 aromatic carbocycles. The van der Waals surface area contributed by atoms with Crippen LogP contribution in [0, 0.1) is 0 Å². The number of rotatable bonds is 33. The maximum Gasteiger partial charge on any atom is 0.267 e. The van der Waals surface area contributed by atoms with Crippen LogP contribution in [0.1, 0.15) is 181 Å². The minimum atomic E-state index is -4.35. The topological polar surface area (TPSA) is 104 Å². The molecule has 0 aliphatic carbocycles. The van der Waals surface area contributed by atoms with Gasteiger partial charge in [0.15, 0.2) is 0 Å². The third kappa shape index (κ3) is 33.7. The molecule has 0 aliphatic heterocycles. The van der Waals surface area contributed by atoms with Crippen LogP contribution in [0.4, 0.5) is 0 Å². The summed E-state index contributed by atoms with van der Waals surface area (Å²) in [6.45, 7) is 4.44. The molecule has 0 heterocycles. The minimum Gasteiger partial charge on any atom is -0.387 e. The Bertz CT molecular complexity index is 852. The lowest BCUT2D eigenvalue weighted by molar-refractivity contribution is -0.122. The molecular formula is C38H71NO5S. The first-order chi connectivity index (χ1) is 21.8. The quantitative estimate of drug-likeness (QED) is 0.0371. The van der Waals surface area contributed by atoms with Gasteiger partial charge in [-0.15, -0.1) is 0 Å². The van der Waals surface area contributed by atoms with Gasteiger partial charge in [-0.25, -0.2) is 0 Å². The first kappa shape index (κ1) is 43.6. The molecule has 0 spiro atoms. The zero-order chi connectivity index (χ0) is 33.3. The molecule has 0 saturated carbocycles. The number of hydrogen-bond acceptors (Lipinski definition) is 4. The van der Waals surface area contributed by atoms with Gasteiger partial charge in [0.2, 0.25) is 5.91 Å². The Morgan fingerprint density at radius 3 is 1.49 bits per heavy atom. The molecule has 0 aromatic heterocycles. The fourth-order valence-corrected chi connectivity index (χ4v) is 6.20. The molecule has 0 fully saturated rings. The summed E-state index contributed by atoms with van der Waals surface area (Å²) in [5.74, 6) is -1.01. The smallest absolute Gasteiger partial charge is 0.267 e. The first-order valence-electron chi connectivity index (χ1n) is 18.7. The van der Waals surface area contributed by atoms with Crippen LogP contribution in [0.2, 0.25) is 0 Å². The molecule has 0 bridgehead atoms. The number of carbonyl (C=O) groups is 1. The number of allylic oxidation sites excluding steroid dienone is 5. The van der Waals surface area contributed by atoms with Crippen molar-refractivity contribution >= 4 is 16.0 Å². The lowest BCUT2D eigenvalue weighted by atomic mass is 10.0. The van der Waals surface area contributed by atoms with Gasteiger partial charge in [0, 0.05) is 6.42 Å². The average Bonchev–Trinajstić information content (AvgIpc) is 3.00. The highest BCUT2D eigenvalue weighted by Gasteiger charge is 2.24. The maximum absolute atomic E-state index is 12.4. The minimum absolute atomic E-state index is 0.277. The van der Waals surface area contributed by atoms with Crippen LogP contribution in [0.15, 0.2) is 36.5 Å². The van der Waals surface area contributed by atoms with Crippen LogP contribution in [-0.2, 0) is 14.9 Å². The SMILES string of the molecule is CCC/C=C\CCCCCCCC(=O)NC(CS(=O)(=O)O)C(O)/C=C/CC/C=C/CCCCCCCCCCCCCCCC. The number of amides is 1. The van der Waals surface area contributed by atoms with Gasteiger partial charge in [-0.2, -0.15) is 8.42 Å². The molecule has 0 radical (unpaired) electrons. The van der Waals surface area contributed by atoms with Gasteiger partial charge in [-0.1, -0.05) is 159 Å². The summed E-state index contributed by atoms with van der Waals surface area (Å²) in [6, 6.07) is -1.07. The second-order valence-electron chi connectivity index (χ2n) is 12.8. The Labute approximate surface area is 278 Å². The van der Waals surface area contributed by atoms with Gasteiger partial charge in [-0.3, -0.25) is 9.35 Å². The van der Waals surface area contributed by atoms with Crippen LogP contribution in [0.3, 0.4) is 0 Å². The van der Waals surface area contributed by atoms with Gasteiger partial charge in [0.05, 0.1) is 17.9 Å². The lowest BCUT2D eigenvalue weighted by Crippen LogP contribution is -2.46. The van der Waals surface area contributed by atoms with E-state index in [1.165, 1.54) is 102 Å². The average molecular weight is 654 g/mol. The molecule has 6 nitrogen and oxygen atoms in total. The molecule has 0 saturated heterocycles. The normalized spacial score (nSPS) is 13.8. The van der Waals surface area contributed by atoms with Crippen LogP contribution < -0.4 is 5.32 Å². The van der Waals surface area contributed by atoms with E-state index >= 15 is 0 Å². The highest BCUT2D eigenvalue weighted by Crippen LogP contribution is 2.14. The van der Waals surface area contributed by atoms with E-state index in [1.807, 2.05) is 6.08 Å². The second kappa shape index (κ2) is 32.5. The van der Waals surface area contributed by atoms with Crippen LogP contribution in [0.5, 0.6) is 0 Å². The fourth-order valence-electron chi connectivity index (χ4n) is 5.47. The van der Waals surface area contributed by atoms with Crippen LogP contribution >= 0.6 is 0 Å². The highest BCUT2D eigenvalue weighted by atomic mass is 32.2. The van der Waals surface area contributed by atoms with E-state index in [1.54, 1.807) is 0 Å². The van der Waals surface area contributed by atoms with E-state index in [0.29, 0.717) is 12.8 Å². The van der Waals surface area contributed by atoms with E-state index in [2.05, 4.69) is 43.5 Å². The Morgan fingerprint density at radius 1 is 0.578 bits per heavy atom. The van der Waals surface area contributed by atoms with Crippen LogP contribution in [0.25, 0.3) is 0 Å². The van der Waals surface area contributed by atoms with Crippen molar-refractivity contribution in [3.63, 3.8) is 0 Å². The molecule has 0 aliphatic rings. The Hall–Kier alpha value is -1.44. The summed E-state index contributed by atoms with van der Waals surface area (Å²) in [5, 5.41) is 13.1. The molecule has 2 atom stereocenters. The fraction of sp³-hybridized carbons (Fsp3) is 0.816. The molecule has 1 amide bonds. The van der Waals surface area contributed by atoms with Crippen molar-refractivity contribution in [3.05, 3.63) is 36.5 Å². The van der Waals surface area contributed by atoms with E-state index in [4.69, 9.17) is 0 Å². The summed E-state index contributed by atoms with van der Waals surface area (Å²) in [7, 11) is -4.35. The summed E-state index contributed by atoms with van der Waals surface area (Å²) in [6.07, 6.45) is 41.4. The molecule has 45 heavy (non-hydrogen) atoms. The molecule has 2 unspecified atom stereocenters. The van der Waals surface area contributed by atoms with E-state index in [0.717, 1.165) is 51.4 Å². The van der Waals surface area contributed by atoms with Crippen molar-refractivity contribution in [1.29, 1.82) is 0 Å². The summed E-state index contributed by atoms with van der Waals surface area (Å²) in [4.78, 5) is 12.4. The Morgan fingerprint density at radius 2 is 1.00 bits per heavy atom. The van der Waals surface area contributed by atoms with Crippen molar-refractivity contribution in [2.24, 2.45) is 0 Å². The predicted octanol–water partition coefficient (Wildman–Crippen LogP) is 10.6. The highest BCUT2D eigenvalue weighted by molar-refractivity contribution is 7.85. The van der Waals surface area contributed by atoms with Gasteiger partial charge in [0.25, 0.3) is 10.1 Å². The molecule has 3 N–H and O–H groups in total. The van der Waals surface area contributed by atoms with Gasteiger partial charge in [-0.05, 0) is 51.4 Å². The van der Waals surface area contributed by atoms with Crippen molar-refractivity contribution < 1.29 is 22.9 Å². The zero-order valence-corrected chi connectivity index (χ0v) is 30.1. The number of hydrogen-bond donors (Lipinski definition) is 3. The summed E-state index contributed by atoms with van der Waals surface area (Å²) >= 11 is 0. The lowest BCUT2D eigenvalue weighted by Gasteiger charge is -2.21. The van der Waals surface area contributed by atoms with E-state index < -0.39 is 28.0 Å². The second-order valence-corrected chi connectivity index (χ2v) is 14.3. The molecule has 7 heteroatoms. The van der Waals surface area contributed by atoms with Crippen LogP contribution in [-0.4, -0.2) is 41.9 Å². The number of nitrogens with one attached hydrogen (secondary N) is 1. The largest absolute Gasteiger partial charge is 0.387 e. The van der Waals surface area contributed by atoms with Crippen molar-refractivity contribution in [2.45, 2.75) is 193 Å². The van der Waals surface area contributed by atoms with Gasteiger partial charge >= 0.3 is 0 Å². The van der Waals surface area contributed by atoms with E-state index in [9.17, 15) is 22.9 Å². The van der Waals surface area contributed by atoms with Crippen molar-refractivity contribution in [1.82, 2.24) is 5.32 Å². The summed E-state index contributed by atoms with van der Waals surface area (Å²) < 4.78 is 32.3. The molecule has 264 valence electrons. The Balaban J connectivity index is 3.98. The standard InChI is InChI=1S/C38H71NO5S/c1-3-5-7-9-11-13-15-16-17-18-19-20-21-22-23-24-25-27-29-31-33-37(40)36(35-45(42,43)44)39-38(41)34-32-30-28-26-14-12-10-8-6-4-2/h8,10,24-25,31,33,36-37,40H,3-7,9,11-23,26-30,32,34-35H2,1-2H3,(H,39,41)(H,42,43,44)/b10-8-,25-24+,33-31+. The third-order valence-corrected chi connectivity index (χ3v) is 9.05. The monoisotopic (exact) mass is 654 g/mol. The molecule has 0 aromatic rings. The number of unbranched alkanes of at least 4 members (excludes halogenated alkanes) is 21. The molecular weight excluding hydrogens is 582 g/mol. The Kier molecular flexibility index (Phi) is 31.5. The maximum atomic E-state index is 12.4. The first-order valence-corrected chi connectivity index (χ1v) is 20.3. The molecule has 0 rings (SSSR count).